The molecule has 0 radical (unpaired) electrons. The van der Waals surface area contributed by atoms with Gasteiger partial charge in [0.2, 0.25) is 16.8 Å². The first kappa shape index (κ1) is 24.4. The van der Waals surface area contributed by atoms with Crippen LogP contribution in [0.1, 0.15) is 26.0 Å². The molecule has 36 heavy (non-hydrogen) atoms. The Balaban J connectivity index is 1.52. The van der Waals surface area contributed by atoms with Crippen LogP contribution in [0.15, 0.2) is 45.1 Å². The van der Waals surface area contributed by atoms with Crippen molar-refractivity contribution < 1.29 is 22.3 Å². The fourth-order valence-electron chi connectivity index (χ4n) is 3.92. The number of imidazole rings is 1. The van der Waals surface area contributed by atoms with Crippen LogP contribution in [0.5, 0.6) is 11.5 Å². The summed E-state index contributed by atoms with van der Waals surface area (Å²) in [6, 6.07) is 7.39. The molecule has 0 spiro atoms. The van der Waals surface area contributed by atoms with E-state index in [-0.39, 0.29) is 24.4 Å². The summed E-state index contributed by atoms with van der Waals surface area (Å²) in [5.41, 5.74) is 7.90. The standard InChI is InChI=1S/C23H26N6O5S2/c1-13(2)28-36(30,31)8-4-7-29-22-20(21(24)25-11-26-22)27-23(29)35-19-10-18-17(32-12-33-18)9-15(19)16-6-5-14(3)34-16/h5-6,9-11,13,28H,4,7-8,12H2,1-3H3,(H2,24,25,26). The van der Waals surface area contributed by atoms with Gasteiger partial charge in [-0.25, -0.2) is 28.1 Å². The van der Waals surface area contributed by atoms with E-state index in [9.17, 15) is 8.42 Å². The molecule has 0 aliphatic carbocycles. The number of hydrogen-bond acceptors (Lipinski definition) is 10. The zero-order chi connectivity index (χ0) is 25.4. The first-order valence-electron chi connectivity index (χ1n) is 11.3. The number of rotatable bonds is 9. The molecule has 0 amide bonds. The van der Waals surface area contributed by atoms with Crippen LogP contribution in [0.2, 0.25) is 0 Å². The van der Waals surface area contributed by atoms with Crippen LogP contribution in [-0.2, 0) is 16.6 Å². The predicted octanol–water partition coefficient (Wildman–Crippen LogP) is 3.57. The van der Waals surface area contributed by atoms with Crippen LogP contribution in [0, 0.1) is 6.92 Å². The van der Waals surface area contributed by atoms with Gasteiger partial charge < -0.3 is 24.2 Å². The molecule has 5 rings (SSSR count). The highest BCUT2D eigenvalue weighted by atomic mass is 32.2. The van der Waals surface area contributed by atoms with E-state index in [1.165, 1.54) is 18.1 Å². The highest BCUT2D eigenvalue weighted by molar-refractivity contribution is 7.99. The number of furan rings is 1. The maximum absolute atomic E-state index is 12.4. The highest BCUT2D eigenvalue weighted by Crippen LogP contribution is 2.45. The summed E-state index contributed by atoms with van der Waals surface area (Å²) in [6.07, 6.45) is 1.73. The topological polar surface area (TPSA) is 147 Å². The maximum atomic E-state index is 12.4. The Morgan fingerprint density at radius 3 is 2.69 bits per heavy atom. The molecule has 1 aliphatic rings. The van der Waals surface area contributed by atoms with E-state index in [2.05, 4.69) is 14.7 Å². The number of nitrogen functional groups attached to an aromatic ring is 1. The van der Waals surface area contributed by atoms with Gasteiger partial charge >= 0.3 is 0 Å². The monoisotopic (exact) mass is 530 g/mol. The number of hydrogen-bond donors (Lipinski definition) is 2. The van der Waals surface area contributed by atoms with E-state index in [4.69, 9.17) is 24.6 Å². The Morgan fingerprint density at radius 1 is 1.19 bits per heavy atom. The molecule has 0 bridgehead atoms. The highest BCUT2D eigenvalue weighted by Gasteiger charge is 2.23. The largest absolute Gasteiger partial charge is 0.461 e. The summed E-state index contributed by atoms with van der Waals surface area (Å²) in [5, 5.41) is 0.592. The van der Waals surface area contributed by atoms with E-state index >= 15 is 0 Å². The quantitative estimate of drug-likeness (QED) is 0.329. The molecule has 1 aromatic carbocycles. The number of ether oxygens (including phenoxy) is 2. The molecule has 4 aromatic rings. The van der Waals surface area contributed by atoms with E-state index < -0.39 is 10.0 Å². The van der Waals surface area contributed by atoms with Crippen molar-refractivity contribution in [1.82, 2.24) is 24.2 Å². The van der Waals surface area contributed by atoms with Crippen molar-refractivity contribution in [2.45, 2.75) is 49.8 Å². The van der Waals surface area contributed by atoms with Crippen LogP contribution in [0.25, 0.3) is 22.5 Å². The van der Waals surface area contributed by atoms with Crippen LogP contribution < -0.4 is 19.9 Å². The lowest BCUT2D eigenvalue weighted by atomic mass is 10.1. The Kier molecular flexibility index (Phi) is 6.53. The lowest BCUT2D eigenvalue weighted by Gasteiger charge is -2.12. The van der Waals surface area contributed by atoms with Crippen LogP contribution in [0.3, 0.4) is 0 Å². The molecule has 0 saturated heterocycles. The molecule has 1 aliphatic heterocycles. The van der Waals surface area contributed by atoms with E-state index in [0.29, 0.717) is 46.5 Å². The van der Waals surface area contributed by atoms with Crippen LogP contribution >= 0.6 is 11.8 Å². The molecule has 0 fully saturated rings. The number of fused-ring (bicyclic) bond motifs is 2. The van der Waals surface area contributed by atoms with E-state index in [1.807, 2.05) is 35.8 Å². The smallest absolute Gasteiger partial charge is 0.231 e. The molecule has 11 nitrogen and oxygen atoms in total. The van der Waals surface area contributed by atoms with Gasteiger partial charge in [0, 0.05) is 23.0 Å². The zero-order valence-electron chi connectivity index (χ0n) is 20.0. The van der Waals surface area contributed by atoms with Gasteiger partial charge in [-0.3, -0.25) is 0 Å². The van der Waals surface area contributed by atoms with Gasteiger partial charge in [0.15, 0.2) is 33.6 Å². The van der Waals surface area contributed by atoms with Gasteiger partial charge in [0.05, 0.1) is 5.75 Å². The van der Waals surface area contributed by atoms with Crippen molar-refractivity contribution in [3.8, 4) is 22.8 Å². The van der Waals surface area contributed by atoms with Crippen molar-refractivity contribution in [2.75, 3.05) is 18.3 Å². The number of aryl methyl sites for hydroxylation is 2. The number of nitrogens with two attached hydrogens (primary N) is 1. The molecule has 4 heterocycles. The first-order valence-corrected chi connectivity index (χ1v) is 13.8. The van der Waals surface area contributed by atoms with Crippen LogP contribution in [-0.4, -0.2) is 46.5 Å². The Labute approximate surface area is 212 Å². The number of benzene rings is 1. The average Bonchev–Trinajstić information content (AvgIpc) is 3.52. The Bertz CT molecular complexity index is 1530. The minimum Gasteiger partial charge on any atom is -0.461 e. The third-order valence-electron chi connectivity index (χ3n) is 5.42. The molecule has 3 N–H and O–H groups in total. The number of aromatic nitrogens is 4. The van der Waals surface area contributed by atoms with E-state index in [1.54, 1.807) is 13.8 Å². The molecule has 13 heteroatoms. The number of nitrogens with one attached hydrogen (secondary N) is 1. The molecular formula is C23H26N6O5S2. The maximum Gasteiger partial charge on any atom is 0.231 e. The van der Waals surface area contributed by atoms with Crippen molar-refractivity contribution in [3.05, 3.63) is 36.4 Å². The van der Waals surface area contributed by atoms with Gasteiger partial charge in [-0.05, 0) is 51.5 Å². The molecule has 0 saturated carbocycles. The Morgan fingerprint density at radius 2 is 1.97 bits per heavy atom. The average molecular weight is 531 g/mol. The second kappa shape index (κ2) is 9.64. The van der Waals surface area contributed by atoms with Crippen LogP contribution in [0.4, 0.5) is 5.82 Å². The normalized spacial score (nSPS) is 13.2. The van der Waals surface area contributed by atoms with Gasteiger partial charge in [0.1, 0.15) is 17.8 Å². The van der Waals surface area contributed by atoms with Gasteiger partial charge in [-0.1, -0.05) is 11.8 Å². The fourth-order valence-corrected chi connectivity index (χ4v) is 6.32. The second-order valence-corrected chi connectivity index (χ2v) is 11.5. The third kappa shape index (κ3) is 4.99. The molecule has 0 atom stereocenters. The molecule has 190 valence electrons. The van der Waals surface area contributed by atoms with Gasteiger partial charge in [-0.15, -0.1) is 0 Å². The summed E-state index contributed by atoms with van der Waals surface area (Å²) in [7, 11) is -3.41. The number of sulfonamides is 1. The van der Waals surface area contributed by atoms with Crippen molar-refractivity contribution in [3.63, 3.8) is 0 Å². The summed E-state index contributed by atoms with van der Waals surface area (Å²) in [5.74, 6) is 2.94. The molecular weight excluding hydrogens is 504 g/mol. The SMILES string of the molecule is Cc1ccc(-c2cc3c(cc2Sc2nc4c(N)ncnc4n2CCCS(=O)(=O)NC(C)C)OCO3)o1. The first-order chi connectivity index (χ1) is 17.2. The van der Waals surface area contributed by atoms with Crippen molar-refractivity contribution in [1.29, 1.82) is 0 Å². The number of nitrogens with zero attached hydrogens (tertiary/aromatic N) is 4. The fraction of sp³-hybridized carbons (Fsp3) is 0.348. The molecule has 3 aromatic heterocycles. The summed E-state index contributed by atoms with van der Waals surface area (Å²) in [6.45, 7) is 5.97. The predicted molar refractivity (Wildman–Crippen MR) is 136 cm³/mol. The number of anilines is 1. The van der Waals surface area contributed by atoms with E-state index in [0.717, 1.165) is 16.2 Å². The summed E-state index contributed by atoms with van der Waals surface area (Å²) >= 11 is 1.38. The summed E-state index contributed by atoms with van der Waals surface area (Å²) in [4.78, 5) is 14.0. The zero-order valence-corrected chi connectivity index (χ0v) is 21.6. The minimum atomic E-state index is -3.41. The second-order valence-electron chi connectivity index (χ2n) is 8.64. The lowest BCUT2D eigenvalue weighted by molar-refractivity contribution is 0.174. The van der Waals surface area contributed by atoms with Gasteiger partial charge in [-0.2, -0.15) is 0 Å². The third-order valence-corrected chi connectivity index (χ3v) is 8.13. The minimum absolute atomic E-state index is 0.0313. The van der Waals surface area contributed by atoms with Gasteiger partial charge in [0.25, 0.3) is 0 Å². The lowest BCUT2D eigenvalue weighted by Crippen LogP contribution is -2.32. The summed E-state index contributed by atoms with van der Waals surface area (Å²) < 4.78 is 46.3. The Hall–Kier alpha value is -3.29. The van der Waals surface area contributed by atoms with Crippen molar-refractivity contribution in [2.24, 2.45) is 0 Å². The van der Waals surface area contributed by atoms with Crippen molar-refractivity contribution >= 4 is 38.8 Å². The molecule has 0 unspecified atom stereocenters.